The first kappa shape index (κ1) is 14.2. The Morgan fingerprint density at radius 3 is 2.58 bits per heavy atom. The average molecular weight is 274 g/mol. The van der Waals surface area contributed by atoms with E-state index in [-0.39, 0.29) is 0 Å². The third-order valence-electron chi connectivity index (χ3n) is 3.48. The Morgan fingerprint density at radius 2 is 2.00 bits per heavy atom. The summed E-state index contributed by atoms with van der Waals surface area (Å²) in [5.74, 6) is 0.478. The van der Waals surface area contributed by atoms with Crippen LogP contribution in [0.4, 0.5) is 0 Å². The number of hydrogen-bond acceptors (Lipinski definition) is 3. The molecule has 2 nitrogen and oxygen atoms in total. The fourth-order valence-corrected chi connectivity index (χ4v) is 3.33. The third-order valence-corrected chi connectivity index (χ3v) is 4.57. The first-order valence-electron chi connectivity index (χ1n) is 6.77. The van der Waals surface area contributed by atoms with Crippen LogP contribution in [0.5, 0.6) is 0 Å². The predicted molar refractivity (Wildman–Crippen MR) is 82.7 cm³/mol. The lowest BCUT2D eigenvalue weighted by atomic mass is 9.96. The maximum Gasteiger partial charge on any atom is 0.0934 e. The van der Waals surface area contributed by atoms with Crippen LogP contribution >= 0.6 is 11.3 Å². The molecule has 0 aliphatic rings. The highest BCUT2D eigenvalue weighted by atomic mass is 32.1. The Labute approximate surface area is 119 Å². The Morgan fingerprint density at radius 1 is 1.21 bits per heavy atom. The summed E-state index contributed by atoms with van der Waals surface area (Å²) in [6.07, 6.45) is 2.03. The highest BCUT2D eigenvalue weighted by molar-refractivity contribution is 7.11. The number of benzene rings is 1. The minimum atomic E-state index is 0.478. The number of rotatable bonds is 5. The van der Waals surface area contributed by atoms with Gasteiger partial charge in [0.2, 0.25) is 0 Å². The molecule has 19 heavy (non-hydrogen) atoms. The second-order valence-corrected chi connectivity index (χ2v) is 6.54. The summed E-state index contributed by atoms with van der Waals surface area (Å²) < 4.78 is 0. The van der Waals surface area contributed by atoms with E-state index in [1.165, 1.54) is 21.0 Å². The molecule has 2 N–H and O–H groups in total. The van der Waals surface area contributed by atoms with Crippen LogP contribution in [0.1, 0.15) is 26.7 Å². The first-order chi connectivity index (χ1) is 9.08. The molecule has 0 spiro atoms. The van der Waals surface area contributed by atoms with Crippen molar-refractivity contribution in [2.45, 2.75) is 33.6 Å². The SMILES string of the molecule is Cc1cccc(CC(CN)Cc2nc(C)c(C)s2)c1. The lowest BCUT2D eigenvalue weighted by molar-refractivity contribution is 0.531. The van der Waals surface area contributed by atoms with Gasteiger partial charge in [0.1, 0.15) is 0 Å². The van der Waals surface area contributed by atoms with Gasteiger partial charge in [-0.15, -0.1) is 11.3 Å². The number of aryl methyl sites for hydroxylation is 3. The molecule has 2 aromatic rings. The lowest BCUT2D eigenvalue weighted by Gasteiger charge is -2.13. The second-order valence-electron chi connectivity index (χ2n) is 5.25. The summed E-state index contributed by atoms with van der Waals surface area (Å²) in [6.45, 7) is 7.06. The zero-order chi connectivity index (χ0) is 13.8. The first-order valence-corrected chi connectivity index (χ1v) is 7.58. The van der Waals surface area contributed by atoms with Gasteiger partial charge in [-0.25, -0.2) is 4.98 Å². The molecule has 0 fully saturated rings. The molecule has 1 unspecified atom stereocenters. The van der Waals surface area contributed by atoms with Crippen molar-refractivity contribution in [3.8, 4) is 0 Å². The molecular weight excluding hydrogens is 252 g/mol. The van der Waals surface area contributed by atoms with Crippen molar-refractivity contribution in [2.24, 2.45) is 11.7 Å². The largest absolute Gasteiger partial charge is 0.330 e. The lowest BCUT2D eigenvalue weighted by Crippen LogP contribution is -2.19. The van der Waals surface area contributed by atoms with Crippen molar-refractivity contribution >= 4 is 11.3 Å². The number of aromatic nitrogens is 1. The Balaban J connectivity index is 2.04. The molecule has 0 radical (unpaired) electrons. The van der Waals surface area contributed by atoms with Crippen LogP contribution in [0.15, 0.2) is 24.3 Å². The molecule has 1 aromatic heterocycles. The van der Waals surface area contributed by atoms with Gasteiger partial charge in [-0.3, -0.25) is 0 Å². The molecule has 1 atom stereocenters. The highest BCUT2D eigenvalue weighted by Crippen LogP contribution is 2.21. The van der Waals surface area contributed by atoms with E-state index in [2.05, 4.69) is 50.0 Å². The number of thiazole rings is 1. The maximum atomic E-state index is 5.93. The van der Waals surface area contributed by atoms with E-state index in [9.17, 15) is 0 Å². The van der Waals surface area contributed by atoms with E-state index in [1.54, 1.807) is 11.3 Å². The fourth-order valence-electron chi connectivity index (χ4n) is 2.28. The standard InChI is InChI=1S/C16H22N2S/c1-11-5-4-6-14(7-11)8-15(10-17)9-16-18-12(2)13(3)19-16/h4-7,15H,8-10,17H2,1-3H3. The van der Waals surface area contributed by atoms with Crippen LogP contribution in [0.25, 0.3) is 0 Å². The van der Waals surface area contributed by atoms with E-state index in [1.807, 2.05) is 0 Å². The quantitative estimate of drug-likeness (QED) is 0.907. The predicted octanol–water partition coefficient (Wildman–Crippen LogP) is 3.43. The van der Waals surface area contributed by atoms with E-state index in [4.69, 9.17) is 5.73 Å². The summed E-state index contributed by atoms with van der Waals surface area (Å²) >= 11 is 1.81. The smallest absolute Gasteiger partial charge is 0.0934 e. The van der Waals surface area contributed by atoms with Gasteiger partial charge in [0, 0.05) is 11.3 Å². The van der Waals surface area contributed by atoms with Crippen molar-refractivity contribution < 1.29 is 0 Å². The van der Waals surface area contributed by atoms with Crippen LogP contribution in [-0.4, -0.2) is 11.5 Å². The summed E-state index contributed by atoms with van der Waals surface area (Å²) in [7, 11) is 0. The number of nitrogens with zero attached hydrogens (tertiary/aromatic N) is 1. The molecule has 102 valence electrons. The van der Waals surface area contributed by atoms with Crippen LogP contribution in [0.3, 0.4) is 0 Å². The fraction of sp³-hybridized carbons (Fsp3) is 0.438. The van der Waals surface area contributed by atoms with Gasteiger partial charge in [-0.1, -0.05) is 29.8 Å². The molecule has 0 aliphatic heterocycles. The third kappa shape index (κ3) is 3.88. The second kappa shape index (κ2) is 6.31. The normalized spacial score (nSPS) is 12.6. The molecular formula is C16H22N2S. The molecule has 0 aliphatic carbocycles. The van der Waals surface area contributed by atoms with Crippen LogP contribution in [0.2, 0.25) is 0 Å². The Kier molecular flexibility index (Phi) is 4.72. The Hall–Kier alpha value is -1.19. The number of hydrogen-bond donors (Lipinski definition) is 1. The monoisotopic (exact) mass is 274 g/mol. The van der Waals surface area contributed by atoms with E-state index in [0.29, 0.717) is 12.5 Å². The molecule has 0 saturated carbocycles. The van der Waals surface area contributed by atoms with Crippen molar-refractivity contribution in [3.63, 3.8) is 0 Å². The Bertz CT molecular complexity index is 526. The summed E-state index contributed by atoms with van der Waals surface area (Å²) in [4.78, 5) is 5.94. The summed E-state index contributed by atoms with van der Waals surface area (Å²) in [6, 6.07) is 8.69. The maximum absolute atomic E-state index is 5.93. The minimum absolute atomic E-state index is 0.478. The average Bonchev–Trinajstić information content (AvgIpc) is 2.67. The van der Waals surface area contributed by atoms with Crippen molar-refractivity contribution in [2.75, 3.05) is 6.54 Å². The zero-order valence-electron chi connectivity index (χ0n) is 11.9. The van der Waals surface area contributed by atoms with Crippen LogP contribution < -0.4 is 5.73 Å². The van der Waals surface area contributed by atoms with Gasteiger partial charge in [-0.05, 0) is 45.2 Å². The van der Waals surface area contributed by atoms with Crippen molar-refractivity contribution in [3.05, 3.63) is 51.0 Å². The number of nitrogens with two attached hydrogens (primary N) is 1. The van der Waals surface area contributed by atoms with Gasteiger partial charge >= 0.3 is 0 Å². The zero-order valence-corrected chi connectivity index (χ0v) is 12.8. The molecule has 0 amide bonds. The molecule has 3 heteroatoms. The summed E-state index contributed by atoms with van der Waals surface area (Å²) in [5, 5.41) is 1.22. The molecule has 1 aromatic carbocycles. The van der Waals surface area contributed by atoms with Gasteiger partial charge in [-0.2, -0.15) is 0 Å². The van der Waals surface area contributed by atoms with Crippen molar-refractivity contribution in [1.82, 2.24) is 4.98 Å². The topological polar surface area (TPSA) is 38.9 Å². The molecule has 1 heterocycles. The van der Waals surface area contributed by atoms with Crippen LogP contribution in [-0.2, 0) is 12.8 Å². The van der Waals surface area contributed by atoms with Gasteiger partial charge in [0.15, 0.2) is 0 Å². The molecule has 0 saturated heterocycles. The van der Waals surface area contributed by atoms with Crippen molar-refractivity contribution in [1.29, 1.82) is 0 Å². The van der Waals surface area contributed by atoms with Gasteiger partial charge < -0.3 is 5.73 Å². The highest BCUT2D eigenvalue weighted by Gasteiger charge is 2.12. The minimum Gasteiger partial charge on any atom is -0.330 e. The van der Waals surface area contributed by atoms with Crippen LogP contribution in [0, 0.1) is 26.7 Å². The van der Waals surface area contributed by atoms with E-state index >= 15 is 0 Å². The van der Waals surface area contributed by atoms with Gasteiger partial charge in [0.05, 0.1) is 10.7 Å². The molecule has 0 bridgehead atoms. The van der Waals surface area contributed by atoms with E-state index in [0.717, 1.165) is 18.5 Å². The van der Waals surface area contributed by atoms with E-state index < -0.39 is 0 Å². The molecule has 2 rings (SSSR count). The van der Waals surface area contributed by atoms with Gasteiger partial charge in [0.25, 0.3) is 0 Å². The summed E-state index contributed by atoms with van der Waals surface area (Å²) in [5.41, 5.74) is 9.78.